The van der Waals surface area contributed by atoms with Crippen LogP contribution < -0.4 is 5.32 Å². The van der Waals surface area contributed by atoms with Gasteiger partial charge in [0.25, 0.3) is 5.91 Å². The lowest BCUT2D eigenvalue weighted by Crippen LogP contribution is -2.46. The second kappa shape index (κ2) is 6.38. The van der Waals surface area contributed by atoms with Crippen LogP contribution in [0.3, 0.4) is 0 Å². The molecule has 0 saturated heterocycles. The maximum atomic E-state index is 12.9. The average Bonchev–Trinajstić information content (AvgIpc) is 3.46. The van der Waals surface area contributed by atoms with Crippen LogP contribution in [0.2, 0.25) is 0 Å². The van der Waals surface area contributed by atoms with E-state index in [1.165, 1.54) is 0 Å². The average molecular weight is 437 g/mol. The summed E-state index contributed by atoms with van der Waals surface area (Å²) < 4.78 is 0.977. The number of benzene rings is 2. The van der Waals surface area contributed by atoms with Crippen molar-refractivity contribution in [3.63, 3.8) is 0 Å². The maximum Gasteiger partial charge on any atom is 0.254 e. The van der Waals surface area contributed by atoms with Gasteiger partial charge in [-0.3, -0.25) is 14.9 Å². The van der Waals surface area contributed by atoms with Gasteiger partial charge in [-0.15, -0.1) is 0 Å². The summed E-state index contributed by atoms with van der Waals surface area (Å²) in [5.74, 6) is -0.145. The smallest absolute Gasteiger partial charge is 0.254 e. The molecule has 5 rings (SSSR count). The maximum absolute atomic E-state index is 12.9. The highest BCUT2D eigenvalue weighted by atomic mass is 79.9. The van der Waals surface area contributed by atoms with Crippen LogP contribution in [-0.4, -0.2) is 39.8 Å². The zero-order valence-electron chi connectivity index (χ0n) is 15.0. The highest BCUT2D eigenvalue weighted by Crippen LogP contribution is 2.52. The molecule has 1 saturated carbocycles. The molecule has 0 atom stereocenters. The number of amides is 2. The first-order chi connectivity index (χ1) is 13.5. The molecular formula is C21H17BrN4O2. The molecule has 2 amide bonds. The number of aromatic nitrogens is 2. The number of nitrogens with one attached hydrogen (secondary N) is 1. The minimum absolute atomic E-state index is 0.00719. The standard InChI is InChI=1S/C21H17BrN4O2/c22-14-5-6-15-16(9-14)21(7-8-21)12-26(19(15)28)11-18(27)25-20-23-10-13-3-1-2-4-17(13)24-20/h1-6,9-10H,7-8,11-12H2,(H,23,24,25,27). The van der Waals surface area contributed by atoms with Crippen molar-refractivity contribution in [2.24, 2.45) is 0 Å². The van der Waals surface area contributed by atoms with Crippen LogP contribution in [0.4, 0.5) is 5.95 Å². The van der Waals surface area contributed by atoms with Gasteiger partial charge >= 0.3 is 0 Å². The largest absolute Gasteiger partial charge is 0.328 e. The predicted molar refractivity (Wildman–Crippen MR) is 109 cm³/mol. The van der Waals surface area contributed by atoms with Crippen molar-refractivity contribution in [3.8, 4) is 0 Å². The highest BCUT2D eigenvalue weighted by molar-refractivity contribution is 9.10. The molecule has 1 fully saturated rings. The Hall–Kier alpha value is -2.80. The van der Waals surface area contributed by atoms with Gasteiger partial charge in [0.1, 0.15) is 6.54 Å². The summed E-state index contributed by atoms with van der Waals surface area (Å²) in [7, 11) is 0. The first kappa shape index (κ1) is 17.3. The minimum atomic E-state index is -0.292. The van der Waals surface area contributed by atoms with E-state index in [9.17, 15) is 9.59 Å². The minimum Gasteiger partial charge on any atom is -0.328 e. The lowest BCUT2D eigenvalue weighted by molar-refractivity contribution is -0.117. The fraction of sp³-hybridized carbons (Fsp3) is 0.238. The third kappa shape index (κ3) is 2.96. The lowest BCUT2D eigenvalue weighted by Gasteiger charge is -2.34. The van der Waals surface area contributed by atoms with E-state index in [1.54, 1.807) is 11.1 Å². The van der Waals surface area contributed by atoms with Gasteiger partial charge in [-0.05, 0) is 42.7 Å². The number of hydrogen-bond acceptors (Lipinski definition) is 4. The molecule has 2 aliphatic rings. The zero-order valence-corrected chi connectivity index (χ0v) is 16.6. The summed E-state index contributed by atoms with van der Waals surface area (Å²) in [6.45, 7) is 0.563. The molecule has 2 aromatic carbocycles. The number of carbonyl (C=O) groups excluding carboxylic acids is 2. The van der Waals surface area contributed by atoms with Crippen LogP contribution >= 0.6 is 15.9 Å². The Morgan fingerprint density at radius 3 is 2.86 bits per heavy atom. The Kier molecular flexibility index (Phi) is 3.94. The molecule has 3 aromatic rings. The Morgan fingerprint density at radius 2 is 2.04 bits per heavy atom. The number of para-hydroxylation sites is 1. The van der Waals surface area contributed by atoms with Crippen molar-refractivity contribution >= 4 is 44.6 Å². The monoisotopic (exact) mass is 436 g/mol. The molecule has 7 heteroatoms. The highest BCUT2D eigenvalue weighted by Gasteiger charge is 2.51. The van der Waals surface area contributed by atoms with E-state index in [4.69, 9.17) is 0 Å². The van der Waals surface area contributed by atoms with Crippen LogP contribution in [0.1, 0.15) is 28.8 Å². The molecule has 2 heterocycles. The third-order valence-corrected chi connectivity index (χ3v) is 5.99. The molecule has 0 bridgehead atoms. The summed E-state index contributed by atoms with van der Waals surface area (Å²) in [4.78, 5) is 35.7. The van der Waals surface area contributed by atoms with Gasteiger partial charge in [0.05, 0.1) is 5.52 Å². The van der Waals surface area contributed by atoms with E-state index in [0.717, 1.165) is 33.8 Å². The Labute approximate surface area is 170 Å². The zero-order chi connectivity index (χ0) is 19.3. The van der Waals surface area contributed by atoms with Crippen LogP contribution in [0.15, 0.2) is 53.1 Å². The van der Waals surface area contributed by atoms with Gasteiger partial charge in [-0.1, -0.05) is 34.1 Å². The topological polar surface area (TPSA) is 75.2 Å². The van der Waals surface area contributed by atoms with E-state index in [2.05, 4.69) is 31.2 Å². The van der Waals surface area contributed by atoms with Crippen molar-refractivity contribution in [2.45, 2.75) is 18.3 Å². The van der Waals surface area contributed by atoms with Gasteiger partial charge < -0.3 is 4.90 Å². The summed E-state index contributed by atoms with van der Waals surface area (Å²) in [6, 6.07) is 13.3. The van der Waals surface area contributed by atoms with Gasteiger partial charge in [0.2, 0.25) is 11.9 Å². The van der Waals surface area contributed by atoms with Crippen molar-refractivity contribution in [3.05, 3.63) is 64.3 Å². The first-order valence-electron chi connectivity index (χ1n) is 9.15. The molecular weight excluding hydrogens is 420 g/mol. The second-order valence-electron chi connectivity index (χ2n) is 7.43. The number of halogens is 1. The molecule has 1 aliphatic carbocycles. The third-order valence-electron chi connectivity index (χ3n) is 5.49. The molecule has 1 aromatic heterocycles. The Balaban J connectivity index is 1.35. The molecule has 0 radical (unpaired) electrons. The molecule has 1 spiro atoms. The Morgan fingerprint density at radius 1 is 1.21 bits per heavy atom. The number of carbonyl (C=O) groups is 2. The number of fused-ring (bicyclic) bond motifs is 3. The fourth-order valence-corrected chi connectivity index (χ4v) is 4.27. The van der Waals surface area contributed by atoms with E-state index >= 15 is 0 Å². The SMILES string of the molecule is O=C(CN1CC2(CC2)c2cc(Br)ccc2C1=O)Nc1ncc2ccccc2n1. The number of hydrogen-bond donors (Lipinski definition) is 1. The van der Waals surface area contributed by atoms with Crippen molar-refractivity contribution in [1.29, 1.82) is 0 Å². The summed E-state index contributed by atoms with van der Waals surface area (Å²) in [6.07, 6.45) is 3.75. The molecule has 1 N–H and O–H groups in total. The molecule has 140 valence electrons. The van der Waals surface area contributed by atoms with Crippen molar-refractivity contribution < 1.29 is 9.59 Å². The molecule has 0 unspecified atom stereocenters. The summed E-state index contributed by atoms with van der Waals surface area (Å²) in [5, 5.41) is 3.63. The first-order valence-corrected chi connectivity index (χ1v) is 9.94. The van der Waals surface area contributed by atoms with Gasteiger partial charge in [-0.2, -0.15) is 0 Å². The summed E-state index contributed by atoms with van der Waals surface area (Å²) in [5.41, 5.74) is 2.55. The lowest BCUT2D eigenvalue weighted by atomic mass is 9.86. The van der Waals surface area contributed by atoms with E-state index in [-0.39, 0.29) is 29.7 Å². The van der Waals surface area contributed by atoms with E-state index < -0.39 is 0 Å². The van der Waals surface area contributed by atoms with Crippen LogP contribution in [0.5, 0.6) is 0 Å². The number of nitrogens with zero attached hydrogens (tertiary/aromatic N) is 3. The number of anilines is 1. The number of rotatable bonds is 3. The molecule has 6 nitrogen and oxygen atoms in total. The van der Waals surface area contributed by atoms with Crippen molar-refractivity contribution in [1.82, 2.24) is 14.9 Å². The van der Waals surface area contributed by atoms with Crippen LogP contribution in [-0.2, 0) is 10.2 Å². The molecule has 28 heavy (non-hydrogen) atoms. The predicted octanol–water partition coefficient (Wildman–Crippen LogP) is 3.52. The van der Waals surface area contributed by atoms with Crippen molar-refractivity contribution in [2.75, 3.05) is 18.4 Å². The van der Waals surface area contributed by atoms with E-state index in [1.807, 2.05) is 42.5 Å². The van der Waals surface area contributed by atoms with Gasteiger partial charge in [0, 0.05) is 33.6 Å². The van der Waals surface area contributed by atoms with Crippen LogP contribution in [0.25, 0.3) is 10.9 Å². The quantitative estimate of drug-likeness (QED) is 0.681. The van der Waals surface area contributed by atoms with Gasteiger partial charge in [-0.25, -0.2) is 9.97 Å². The molecule has 1 aliphatic heterocycles. The van der Waals surface area contributed by atoms with E-state index in [0.29, 0.717) is 12.1 Å². The summed E-state index contributed by atoms with van der Waals surface area (Å²) >= 11 is 3.50. The fourth-order valence-electron chi connectivity index (χ4n) is 3.91. The van der Waals surface area contributed by atoms with Gasteiger partial charge in [0.15, 0.2) is 0 Å². The normalized spacial score (nSPS) is 16.9. The second-order valence-corrected chi connectivity index (χ2v) is 8.35. The Bertz CT molecular complexity index is 1130. The van der Waals surface area contributed by atoms with Crippen LogP contribution in [0, 0.1) is 0 Å².